The van der Waals surface area contributed by atoms with E-state index in [1.54, 1.807) is 11.3 Å². The molecule has 1 aromatic heterocycles. The van der Waals surface area contributed by atoms with E-state index in [4.69, 9.17) is 6.42 Å². The third-order valence-corrected chi connectivity index (χ3v) is 2.88. The lowest BCUT2D eigenvalue weighted by Crippen LogP contribution is -2.37. The molecule has 94 valence electrons. The van der Waals surface area contributed by atoms with Crippen LogP contribution in [0.25, 0.3) is 0 Å². The molecule has 0 radical (unpaired) electrons. The summed E-state index contributed by atoms with van der Waals surface area (Å²) in [6.45, 7) is 6.15. The van der Waals surface area contributed by atoms with Crippen molar-refractivity contribution in [3.05, 3.63) is 21.9 Å². The molecular formula is C12H18IN3S. The highest BCUT2D eigenvalue weighted by Gasteiger charge is 1.97. The maximum absolute atomic E-state index is 5.19. The Bertz CT molecular complexity index is 393. The standard InChI is InChI=1S/C12H17N3S.HI/c1-4-8-14-12(13-5-2)15-9-11-7-6-10(3)16-11;/h1,6-7H,5,8-9H2,2-3H3,(H2,13,14,15);1H. The molecule has 0 fully saturated rings. The Morgan fingerprint density at radius 1 is 1.47 bits per heavy atom. The highest BCUT2D eigenvalue weighted by atomic mass is 127. The number of hydrogen-bond acceptors (Lipinski definition) is 2. The molecule has 0 saturated carbocycles. The number of rotatable bonds is 4. The monoisotopic (exact) mass is 363 g/mol. The Kier molecular flexibility index (Phi) is 8.90. The van der Waals surface area contributed by atoms with E-state index < -0.39 is 0 Å². The van der Waals surface area contributed by atoms with Crippen molar-refractivity contribution in [2.24, 2.45) is 4.99 Å². The Morgan fingerprint density at radius 3 is 2.76 bits per heavy atom. The van der Waals surface area contributed by atoms with E-state index in [-0.39, 0.29) is 24.0 Å². The molecule has 0 bridgehead atoms. The minimum atomic E-state index is 0. The van der Waals surface area contributed by atoms with Gasteiger partial charge in [-0.15, -0.1) is 41.7 Å². The number of nitrogens with one attached hydrogen (secondary N) is 2. The molecule has 1 rings (SSSR count). The summed E-state index contributed by atoms with van der Waals surface area (Å²) in [7, 11) is 0. The molecule has 0 aliphatic carbocycles. The highest BCUT2D eigenvalue weighted by molar-refractivity contribution is 14.0. The molecule has 2 N–H and O–H groups in total. The second kappa shape index (κ2) is 9.31. The van der Waals surface area contributed by atoms with E-state index in [0.29, 0.717) is 13.1 Å². The lowest BCUT2D eigenvalue weighted by atomic mass is 10.4. The third kappa shape index (κ3) is 6.54. The van der Waals surface area contributed by atoms with Gasteiger partial charge in [0.05, 0.1) is 13.1 Å². The normalized spacial score (nSPS) is 10.3. The molecule has 3 nitrogen and oxygen atoms in total. The number of terminal acetylenes is 1. The lowest BCUT2D eigenvalue weighted by molar-refractivity contribution is 0.868. The fraction of sp³-hybridized carbons (Fsp3) is 0.417. The molecule has 17 heavy (non-hydrogen) atoms. The van der Waals surface area contributed by atoms with Crippen LogP contribution in [-0.4, -0.2) is 19.0 Å². The largest absolute Gasteiger partial charge is 0.357 e. The zero-order chi connectivity index (χ0) is 11.8. The Balaban J connectivity index is 0.00000256. The van der Waals surface area contributed by atoms with Crippen LogP contribution in [0.4, 0.5) is 0 Å². The summed E-state index contributed by atoms with van der Waals surface area (Å²) in [5, 5.41) is 6.20. The number of aryl methyl sites for hydroxylation is 1. The van der Waals surface area contributed by atoms with E-state index >= 15 is 0 Å². The fourth-order valence-electron chi connectivity index (χ4n) is 1.20. The van der Waals surface area contributed by atoms with Crippen LogP contribution < -0.4 is 10.6 Å². The summed E-state index contributed by atoms with van der Waals surface area (Å²) in [5.74, 6) is 3.30. The maximum Gasteiger partial charge on any atom is 0.192 e. The second-order valence-corrected chi connectivity index (χ2v) is 4.64. The van der Waals surface area contributed by atoms with Crippen LogP contribution in [0.1, 0.15) is 16.7 Å². The Labute approximate surface area is 124 Å². The first kappa shape index (κ1) is 16.3. The number of guanidine groups is 1. The van der Waals surface area contributed by atoms with Crippen LogP contribution in [0.5, 0.6) is 0 Å². The minimum absolute atomic E-state index is 0. The van der Waals surface area contributed by atoms with Gasteiger partial charge in [-0.3, -0.25) is 0 Å². The lowest BCUT2D eigenvalue weighted by Gasteiger charge is -2.07. The summed E-state index contributed by atoms with van der Waals surface area (Å²) in [6.07, 6.45) is 5.19. The van der Waals surface area contributed by atoms with Gasteiger partial charge in [-0.05, 0) is 26.0 Å². The SMILES string of the molecule is C#CCNC(=NCc1ccc(C)s1)NCC.I. The first-order valence-electron chi connectivity index (χ1n) is 5.27. The summed E-state index contributed by atoms with van der Waals surface area (Å²) >= 11 is 1.77. The maximum atomic E-state index is 5.19. The van der Waals surface area contributed by atoms with Crippen LogP contribution in [0.3, 0.4) is 0 Å². The molecule has 0 aliphatic rings. The summed E-state index contributed by atoms with van der Waals surface area (Å²) in [6, 6.07) is 4.21. The van der Waals surface area contributed by atoms with Gasteiger partial charge in [0.25, 0.3) is 0 Å². The quantitative estimate of drug-likeness (QED) is 0.373. The van der Waals surface area contributed by atoms with Crippen molar-refractivity contribution in [1.82, 2.24) is 10.6 Å². The molecule has 0 saturated heterocycles. The van der Waals surface area contributed by atoms with E-state index in [2.05, 4.69) is 40.6 Å². The number of thiophene rings is 1. The molecule has 0 atom stereocenters. The van der Waals surface area contributed by atoms with Crippen molar-refractivity contribution in [3.8, 4) is 12.3 Å². The first-order chi connectivity index (χ1) is 7.76. The van der Waals surface area contributed by atoms with Gasteiger partial charge in [0.2, 0.25) is 0 Å². The first-order valence-corrected chi connectivity index (χ1v) is 6.09. The smallest absolute Gasteiger partial charge is 0.192 e. The fourth-order valence-corrected chi connectivity index (χ4v) is 2.02. The highest BCUT2D eigenvalue weighted by Crippen LogP contribution is 2.15. The van der Waals surface area contributed by atoms with Gasteiger partial charge < -0.3 is 10.6 Å². The number of halogens is 1. The zero-order valence-electron chi connectivity index (χ0n) is 10.1. The van der Waals surface area contributed by atoms with Crippen LogP contribution in [0.15, 0.2) is 17.1 Å². The molecule has 0 amide bonds. The van der Waals surface area contributed by atoms with Gasteiger partial charge in [-0.2, -0.15) is 0 Å². The van der Waals surface area contributed by atoms with Crippen LogP contribution in [0.2, 0.25) is 0 Å². The molecule has 1 aromatic rings. The van der Waals surface area contributed by atoms with Gasteiger partial charge in [-0.1, -0.05) is 5.92 Å². The number of aliphatic imine (C=N–C) groups is 1. The predicted octanol–water partition coefficient (Wildman–Crippen LogP) is 2.36. The average molecular weight is 363 g/mol. The van der Waals surface area contributed by atoms with Crippen LogP contribution >= 0.6 is 35.3 Å². The third-order valence-electron chi connectivity index (χ3n) is 1.89. The van der Waals surface area contributed by atoms with Gasteiger partial charge in [0, 0.05) is 16.3 Å². The van der Waals surface area contributed by atoms with E-state index in [1.165, 1.54) is 9.75 Å². The van der Waals surface area contributed by atoms with Crippen molar-refractivity contribution in [2.45, 2.75) is 20.4 Å². The molecule has 1 heterocycles. The van der Waals surface area contributed by atoms with Crippen molar-refractivity contribution in [2.75, 3.05) is 13.1 Å². The summed E-state index contributed by atoms with van der Waals surface area (Å²) < 4.78 is 0. The van der Waals surface area contributed by atoms with E-state index in [9.17, 15) is 0 Å². The van der Waals surface area contributed by atoms with Crippen LogP contribution in [0, 0.1) is 19.3 Å². The van der Waals surface area contributed by atoms with E-state index in [0.717, 1.165) is 12.5 Å². The topological polar surface area (TPSA) is 36.4 Å². The summed E-state index contributed by atoms with van der Waals surface area (Å²) in [5.41, 5.74) is 0. The minimum Gasteiger partial charge on any atom is -0.357 e. The molecule has 0 spiro atoms. The van der Waals surface area contributed by atoms with Gasteiger partial charge >= 0.3 is 0 Å². The molecule has 0 unspecified atom stereocenters. The average Bonchev–Trinajstić information content (AvgIpc) is 2.68. The van der Waals surface area contributed by atoms with Crippen LogP contribution in [-0.2, 0) is 6.54 Å². The zero-order valence-corrected chi connectivity index (χ0v) is 13.3. The summed E-state index contributed by atoms with van der Waals surface area (Å²) in [4.78, 5) is 7.02. The number of hydrogen-bond donors (Lipinski definition) is 2. The molecule has 0 aromatic carbocycles. The molecular weight excluding hydrogens is 345 g/mol. The van der Waals surface area contributed by atoms with Crippen molar-refractivity contribution in [3.63, 3.8) is 0 Å². The predicted molar refractivity (Wildman–Crippen MR) is 86.1 cm³/mol. The Hall–Kier alpha value is -0.740. The Morgan fingerprint density at radius 2 is 2.24 bits per heavy atom. The number of nitrogens with zero attached hydrogens (tertiary/aromatic N) is 1. The van der Waals surface area contributed by atoms with Gasteiger partial charge in [0.15, 0.2) is 5.96 Å². The van der Waals surface area contributed by atoms with Crippen molar-refractivity contribution in [1.29, 1.82) is 0 Å². The molecule has 0 aliphatic heterocycles. The molecule has 5 heteroatoms. The van der Waals surface area contributed by atoms with Gasteiger partial charge in [0.1, 0.15) is 0 Å². The van der Waals surface area contributed by atoms with Crippen molar-refractivity contribution >= 4 is 41.3 Å². The van der Waals surface area contributed by atoms with E-state index in [1.807, 2.05) is 6.92 Å². The second-order valence-electron chi connectivity index (χ2n) is 3.27. The van der Waals surface area contributed by atoms with Crippen molar-refractivity contribution < 1.29 is 0 Å². The van der Waals surface area contributed by atoms with Gasteiger partial charge in [-0.25, -0.2) is 4.99 Å².